The van der Waals surface area contributed by atoms with Crippen LogP contribution in [-0.2, 0) is 0 Å². The van der Waals surface area contributed by atoms with Crippen molar-refractivity contribution >= 4 is 65.0 Å². The molecule has 3 heteroatoms. The molecular formula is C34H21NOS. The van der Waals surface area contributed by atoms with Gasteiger partial charge in [0.25, 0.3) is 0 Å². The highest BCUT2D eigenvalue weighted by Gasteiger charge is 2.20. The van der Waals surface area contributed by atoms with Crippen LogP contribution in [0.5, 0.6) is 0 Å². The Balaban J connectivity index is 1.49. The lowest BCUT2D eigenvalue weighted by molar-refractivity contribution is 0.669. The number of aryl methyl sites for hydroxylation is 1. The van der Waals surface area contributed by atoms with E-state index < -0.39 is 0 Å². The zero-order valence-corrected chi connectivity index (χ0v) is 21.0. The normalized spacial score (nSPS) is 11.9. The predicted molar refractivity (Wildman–Crippen MR) is 158 cm³/mol. The zero-order valence-electron chi connectivity index (χ0n) is 20.2. The molecule has 37 heavy (non-hydrogen) atoms. The average Bonchev–Trinajstić information content (AvgIpc) is 3.55. The predicted octanol–water partition coefficient (Wildman–Crippen LogP) is 10.1. The molecule has 2 nitrogen and oxygen atoms in total. The Morgan fingerprint density at radius 3 is 2.27 bits per heavy atom. The number of rotatable bonds is 2. The first-order valence-corrected chi connectivity index (χ1v) is 13.3. The number of para-hydroxylation sites is 1. The molecule has 0 bridgehead atoms. The zero-order chi connectivity index (χ0) is 24.5. The van der Waals surface area contributed by atoms with Crippen LogP contribution in [0.15, 0.2) is 114 Å². The molecule has 0 atom stereocenters. The topological polar surface area (TPSA) is 26.0 Å². The number of fused-ring (bicyclic) bond motifs is 7. The van der Waals surface area contributed by atoms with Gasteiger partial charge in [-0.3, -0.25) is 0 Å². The molecule has 6 aromatic carbocycles. The number of aromatic nitrogens is 1. The maximum Gasteiger partial charge on any atom is 0.137 e. The minimum Gasteiger partial charge on any atom is -0.456 e. The van der Waals surface area contributed by atoms with Gasteiger partial charge < -0.3 is 4.42 Å². The Labute approximate surface area is 217 Å². The fourth-order valence-corrected chi connectivity index (χ4v) is 6.75. The Kier molecular flexibility index (Phi) is 4.34. The van der Waals surface area contributed by atoms with Crippen molar-refractivity contribution in [2.75, 3.05) is 0 Å². The van der Waals surface area contributed by atoms with E-state index >= 15 is 0 Å². The second kappa shape index (κ2) is 7.76. The van der Waals surface area contributed by atoms with E-state index in [0.29, 0.717) is 0 Å². The first kappa shape index (κ1) is 20.7. The Hall–Kier alpha value is -4.47. The Morgan fingerprint density at radius 1 is 0.622 bits per heavy atom. The molecule has 174 valence electrons. The van der Waals surface area contributed by atoms with E-state index in [2.05, 4.69) is 104 Å². The quantitative estimate of drug-likeness (QED) is 0.240. The number of thiazole rings is 1. The molecule has 0 aliphatic carbocycles. The summed E-state index contributed by atoms with van der Waals surface area (Å²) in [6, 6.07) is 38.7. The SMILES string of the molecule is Cc1ccc(-c2cc3oc4ccccc4c3c3sc(-c4ccc5ccccc5c4)nc23)c2ccccc12. The molecule has 0 amide bonds. The smallest absolute Gasteiger partial charge is 0.137 e. The fourth-order valence-electron chi connectivity index (χ4n) is 5.61. The van der Waals surface area contributed by atoms with Gasteiger partial charge in [0, 0.05) is 21.9 Å². The lowest BCUT2D eigenvalue weighted by Gasteiger charge is -2.10. The number of hydrogen-bond acceptors (Lipinski definition) is 3. The van der Waals surface area contributed by atoms with Crippen LogP contribution < -0.4 is 0 Å². The van der Waals surface area contributed by atoms with Gasteiger partial charge in [-0.1, -0.05) is 91.0 Å². The number of benzene rings is 6. The molecule has 0 N–H and O–H groups in total. The first-order chi connectivity index (χ1) is 18.2. The van der Waals surface area contributed by atoms with Gasteiger partial charge in [0.15, 0.2) is 0 Å². The van der Waals surface area contributed by atoms with Crippen LogP contribution in [0.3, 0.4) is 0 Å². The molecule has 2 aromatic heterocycles. The molecule has 8 rings (SSSR count). The van der Waals surface area contributed by atoms with Gasteiger partial charge in [0.2, 0.25) is 0 Å². The molecular weight excluding hydrogens is 470 g/mol. The lowest BCUT2D eigenvalue weighted by Crippen LogP contribution is -1.87. The maximum atomic E-state index is 6.41. The highest BCUT2D eigenvalue weighted by molar-refractivity contribution is 7.22. The highest BCUT2D eigenvalue weighted by Crippen LogP contribution is 2.45. The fraction of sp³-hybridized carbons (Fsp3) is 0.0294. The summed E-state index contributed by atoms with van der Waals surface area (Å²) < 4.78 is 7.58. The van der Waals surface area contributed by atoms with Crippen LogP contribution in [0.25, 0.3) is 75.4 Å². The molecule has 0 fully saturated rings. The summed E-state index contributed by atoms with van der Waals surface area (Å²) in [5, 5.41) is 8.27. The minimum absolute atomic E-state index is 0.905. The highest BCUT2D eigenvalue weighted by atomic mass is 32.1. The monoisotopic (exact) mass is 491 g/mol. The van der Waals surface area contributed by atoms with E-state index in [4.69, 9.17) is 9.40 Å². The van der Waals surface area contributed by atoms with Crippen molar-refractivity contribution in [3.8, 4) is 21.7 Å². The standard InChI is InChI=1S/C34H21NOS/c1-20-14-17-26(25-11-5-4-10-24(20)25)28-19-30-31(27-12-6-7-13-29(27)36-30)33-32(28)35-34(37-33)23-16-15-21-8-2-3-9-22(21)18-23/h2-19H,1H3. The number of nitrogens with zero attached hydrogens (tertiary/aromatic N) is 1. The van der Waals surface area contributed by atoms with Crippen molar-refractivity contribution in [1.82, 2.24) is 4.98 Å². The van der Waals surface area contributed by atoms with Crippen LogP contribution in [0, 0.1) is 6.92 Å². The van der Waals surface area contributed by atoms with E-state index in [1.807, 2.05) is 12.1 Å². The lowest BCUT2D eigenvalue weighted by atomic mass is 9.94. The second-order valence-electron chi connectivity index (χ2n) is 9.63. The van der Waals surface area contributed by atoms with Gasteiger partial charge in [-0.05, 0) is 57.8 Å². The molecule has 0 aliphatic heterocycles. The van der Waals surface area contributed by atoms with Crippen molar-refractivity contribution in [3.63, 3.8) is 0 Å². The molecule has 8 aromatic rings. The molecule has 0 radical (unpaired) electrons. The third kappa shape index (κ3) is 3.08. The van der Waals surface area contributed by atoms with Crippen molar-refractivity contribution in [3.05, 3.63) is 115 Å². The van der Waals surface area contributed by atoms with E-state index in [1.54, 1.807) is 11.3 Å². The van der Waals surface area contributed by atoms with Gasteiger partial charge in [0.05, 0.1) is 10.2 Å². The second-order valence-corrected chi connectivity index (χ2v) is 10.6. The van der Waals surface area contributed by atoms with Gasteiger partial charge in [-0.15, -0.1) is 11.3 Å². The Morgan fingerprint density at radius 2 is 1.38 bits per heavy atom. The largest absolute Gasteiger partial charge is 0.456 e. The van der Waals surface area contributed by atoms with Crippen LogP contribution in [0.4, 0.5) is 0 Å². The van der Waals surface area contributed by atoms with E-state index in [-0.39, 0.29) is 0 Å². The van der Waals surface area contributed by atoms with Crippen LogP contribution in [-0.4, -0.2) is 4.98 Å². The summed E-state index contributed by atoms with van der Waals surface area (Å²) in [6.07, 6.45) is 0. The van der Waals surface area contributed by atoms with Crippen LogP contribution in [0.2, 0.25) is 0 Å². The summed E-state index contributed by atoms with van der Waals surface area (Å²) in [5.41, 5.74) is 7.55. The van der Waals surface area contributed by atoms with Gasteiger partial charge >= 0.3 is 0 Å². The Bertz CT molecular complexity index is 2160. The molecule has 0 saturated carbocycles. The summed E-state index contributed by atoms with van der Waals surface area (Å²) in [4.78, 5) is 5.31. The van der Waals surface area contributed by atoms with Crippen molar-refractivity contribution in [2.24, 2.45) is 0 Å². The first-order valence-electron chi connectivity index (χ1n) is 12.5. The summed E-state index contributed by atoms with van der Waals surface area (Å²) in [5.74, 6) is 0. The van der Waals surface area contributed by atoms with Crippen molar-refractivity contribution in [2.45, 2.75) is 6.92 Å². The van der Waals surface area contributed by atoms with E-state index in [0.717, 1.165) is 43.6 Å². The third-order valence-electron chi connectivity index (χ3n) is 7.44. The molecule has 0 unspecified atom stereocenters. The summed E-state index contributed by atoms with van der Waals surface area (Å²) >= 11 is 1.75. The molecule has 0 saturated heterocycles. The number of furan rings is 1. The summed E-state index contributed by atoms with van der Waals surface area (Å²) in [7, 11) is 0. The van der Waals surface area contributed by atoms with Crippen molar-refractivity contribution in [1.29, 1.82) is 0 Å². The molecule has 0 aliphatic rings. The third-order valence-corrected chi connectivity index (χ3v) is 8.56. The van der Waals surface area contributed by atoms with Crippen LogP contribution in [0.1, 0.15) is 5.56 Å². The summed E-state index contributed by atoms with van der Waals surface area (Å²) in [6.45, 7) is 2.17. The van der Waals surface area contributed by atoms with E-state index in [9.17, 15) is 0 Å². The van der Waals surface area contributed by atoms with Gasteiger partial charge in [0.1, 0.15) is 16.2 Å². The molecule has 2 heterocycles. The number of hydrogen-bond donors (Lipinski definition) is 0. The maximum absolute atomic E-state index is 6.41. The average molecular weight is 492 g/mol. The van der Waals surface area contributed by atoms with Gasteiger partial charge in [-0.2, -0.15) is 0 Å². The van der Waals surface area contributed by atoms with Gasteiger partial charge in [-0.25, -0.2) is 4.98 Å². The molecule has 0 spiro atoms. The van der Waals surface area contributed by atoms with Crippen LogP contribution >= 0.6 is 11.3 Å². The van der Waals surface area contributed by atoms with E-state index in [1.165, 1.54) is 37.4 Å². The van der Waals surface area contributed by atoms with Crippen molar-refractivity contribution < 1.29 is 4.42 Å². The minimum atomic E-state index is 0.905.